The van der Waals surface area contributed by atoms with Crippen molar-refractivity contribution >= 4 is 39.1 Å². The molecule has 1 N–H and O–H groups in total. The van der Waals surface area contributed by atoms with E-state index in [1.54, 1.807) is 16.9 Å². The van der Waals surface area contributed by atoms with E-state index in [4.69, 9.17) is 11.6 Å². The van der Waals surface area contributed by atoms with Gasteiger partial charge < -0.3 is 10.2 Å². The maximum Gasteiger partial charge on any atom is 0.283 e. The van der Waals surface area contributed by atoms with E-state index in [1.165, 1.54) is 30.5 Å². The molecule has 0 radical (unpaired) electrons. The molecule has 1 aliphatic rings. The van der Waals surface area contributed by atoms with Crippen LogP contribution < -0.4 is 5.32 Å². The fraction of sp³-hybridized carbons (Fsp3) is 0.227. The topological polar surface area (TPSA) is 96.7 Å². The molecule has 1 saturated heterocycles. The van der Waals surface area contributed by atoms with Crippen LogP contribution >= 0.6 is 11.6 Å². The van der Waals surface area contributed by atoms with E-state index in [-0.39, 0.29) is 10.8 Å². The van der Waals surface area contributed by atoms with Crippen LogP contribution in [-0.4, -0.2) is 48.4 Å². The second-order valence-electron chi connectivity index (χ2n) is 7.50. The molecular weight excluding hydrogens is 450 g/mol. The number of halogens is 1. The van der Waals surface area contributed by atoms with E-state index >= 15 is 0 Å². The van der Waals surface area contributed by atoms with Crippen molar-refractivity contribution in [2.24, 2.45) is 4.40 Å². The summed E-state index contributed by atoms with van der Waals surface area (Å²) in [6, 6.07) is 13.4. The Balaban J connectivity index is 1.42. The molecule has 2 aromatic carbocycles. The van der Waals surface area contributed by atoms with Gasteiger partial charge in [-0.3, -0.25) is 9.48 Å². The van der Waals surface area contributed by atoms with Crippen LogP contribution in [-0.2, 0) is 16.6 Å². The van der Waals surface area contributed by atoms with E-state index in [0.29, 0.717) is 35.1 Å². The average Bonchev–Trinajstić information content (AvgIpc) is 3.39. The van der Waals surface area contributed by atoms with Gasteiger partial charge in [0.2, 0.25) is 0 Å². The van der Waals surface area contributed by atoms with Crippen LogP contribution in [0.2, 0.25) is 5.02 Å². The van der Waals surface area contributed by atoms with Crippen LogP contribution in [0, 0.1) is 0 Å². The summed E-state index contributed by atoms with van der Waals surface area (Å²) in [5.74, 6) is 0.218. The van der Waals surface area contributed by atoms with Crippen LogP contribution in [0.15, 0.2) is 70.2 Å². The first-order chi connectivity index (χ1) is 15.3. The number of nitrogens with one attached hydrogen (secondary N) is 1. The van der Waals surface area contributed by atoms with Crippen molar-refractivity contribution in [3.63, 3.8) is 0 Å². The first-order valence-electron chi connectivity index (χ1n) is 10.0. The van der Waals surface area contributed by atoms with Gasteiger partial charge in [0.1, 0.15) is 5.84 Å². The number of sulfonamides is 1. The lowest BCUT2D eigenvalue weighted by Gasteiger charge is -2.11. The zero-order valence-corrected chi connectivity index (χ0v) is 19.0. The van der Waals surface area contributed by atoms with Crippen LogP contribution in [0.4, 0.5) is 5.69 Å². The largest absolute Gasteiger partial charge is 0.362 e. The molecule has 0 unspecified atom stereocenters. The lowest BCUT2D eigenvalue weighted by Crippen LogP contribution is -2.20. The Morgan fingerprint density at radius 1 is 1.19 bits per heavy atom. The van der Waals surface area contributed by atoms with Crippen LogP contribution in [0.25, 0.3) is 0 Å². The second-order valence-corrected chi connectivity index (χ2v) is 9.52. The normalized spacial score (nSPS) is 15.3. The summed E-state index contributed by atoms with van der Waals surface area (Å²) >= 11 is 6.18. The fourth-order valence-corrected chi connectivity index (χ4v) is 4.67. The number of nitrogens with zero attached hydrogens (tertiary/aromatic N) is 4. The quantitative estimate of drug-likeness (QED) is 0.591. The Morgan fingerprint density at radius 2 is 1.94 bits per heavy atom. The molecule has 10 heteroatoms. The number of hydrogen-bond acceptors (Lipinski definition) is 4. The lowest BCUT2D eigenvalue weighted by atomic mass is 10.2. The van der Waals surface area contributed by atoms with E-state index in [9.17, 15) is 13.2 Å². The van der Waals surface area contributed by atoms with Crippen LogP contribution in [0.5, 0.6) is 0 Å². The molecule has 0 atom stereocenters. The van der Waals surface area contributed by atoms with Gasteiger partial charge in [0.05, 0.1) is 23.2 Å². The summed E-state index contributed by atoms with van der Waals surface area (Å²) in [6.45, 7) is 1.24. The van der Waals surface area contributed by atoms with E-state index in [2.05, 4.69) is 14.8 Å². The number of rotatable bonds is 6. The monoisotopic (exact) mass is 471 g/mol. The highest BCUT2D eigenvalue weighted by Gasteiger charge is 2.20. The molecule has 3 aromatic rings. The highest BCUT2D eigenvalue weighted by molar-refractivity contribution is 7.90. The second kappa shape index (κ2) is 9.13. The number of benzene rings is 2. The van der Waals surface area contributed by atoms with Crippen molar-refractivity contribution in [2.45, 2.75) is 24.3 Å². The van der Waals surface area contributed by atoms with E-state index in [1.807, 2.05) is 30.1 Å². The maximum absolute atomic E-state index is 12.6. The number of carbonyl (C=O) groups is 1. The van der Waals surface area contributed by atoms with Gasteiger partial charge in [-0.25, -0.2) is 0 Å². The van der Waals surface area contributed by atoms with Crippen molar-refractivity contribution in [2.75, 3.05) is 18.9 Å². The Morgan fingerprint density at radius 3 is 2.62 bits per heavy atom. The van der Waals surface area contributed by atoms with Crippen LogP contribution in [0.3, 0.4) is 0 Å². The van der Waals surface area contributed by atoms with E-state index < -0.39 is 10.0 Å². The highest BCUT2D eigenvalue weighted by Crippen LogP contribution is 2.20. The Labute approximate surface area is 191 Å². The third-order valence-electron chi connectivity index (χ3n) is 5.16. The number of aromatic nitrogens is 2. The minimum atomic E-state index is -3.79. The summed E-state index contributed by atoms with van der Waals surface area (Å²) in [6.07, 6.45) is 4.64. The lowest BCUT2D eigenvalue weighted by molar-refractivity contribution is 0.102. The first-order valence-corrected chi connectivity index (χ1v) is 11.9. The Hall–Kier alpha value is -3.17. The molecule has 1 aliphatic heterocycles. The number of anilines is 1. The molecule has 1 amide bonds. The van der Waals surface area contributed by atoms with Gasteiger partial charge in [0.25, 0.3) is 15.9 Å². The molecule has 0 spiro atoms. The molecule has 166 valence electrons. The number of amidine groups is 1. The third kappa shape index (κ3) is 5.00. The van der Waals surface area contributed by atoms with Gasteiger partial charge >= 0.3 is 0 Å². The van der Waals surface area contributed by atoms with Crippen molar-refractivity contribution in [3.05, 3.63) is 77.1 Å². The van der Waals surface area contributed by atoms with Crippen molar-refractivity contribution < 1.29 is 13.2 Å². The van der Waals surface area contributed by atoms with Gasteiger partial charge in [-0.15, -0.1) is 4.40 Å². The summed E-state index contributed by atoms with van der Waals surface area (Å²) in [4.78, 5) is 14.5. The van der Waals surface area contributed by atoms with Gasteiger partial charge in [0, 0.05) is 36.9 Å². The van der Waals surface area contributed by atoms with Gasteiger partial charge in [0.15, 0.2) is 0 Å². The van der Waals surface area contributed by atoms with Crippen LogP contribution in [0.1, 0.15) is 28.8 Å². The van der Waals surface area contributed by atoms with Crippen molar-refractivity contribution in [3.8, 4) is 0 Å². The smallest absolute Gasteiger partial charge is 0.283 e. The molecule has 0 bridgehead atoms. The summed E-state index contributed by atoms with van der Waals surface area (Å²) in [7, 11) is -1.96. The number of hydrogen-bond donors (Lipinski definition) is 1. The molecule has 1 fully saturated rings. The Kier molecular flexibility index (Phi) is 6.29. The van der Waals surface area contributed by atoms with Crippen molar-refractivity contribution in [1.82, 2.24) is 14.7 Å². The zero-order chi connectivity index (χ0) is 22.7. The number of likely N-dealkylation sites (tertiary alicyclic amines) is 1. The molecule has 2 heterocycles. The maximum atomic E-state index is 12.6. The average molecular weight is 472 g/mol. The Bertz CT molecular complexity index is 1270. The molecule has 1 aromatic heterocycles. The third-order valence-corrected chi connectivity index (χ3v) is 6.84. The molecule has 32 heavy (non-hydrogen) atoms. The standard InChI is InChI=1S/C22H22ClN5O3S/c1-27-12-4-7-21(27)26-32(30,31)19-10-8-18(9-11-19)25-22(29)17-13-24-28(15-17)14-16-5-2-3-6-20(16)23/h2-3,5-6,8-11,13,15H,4,7,12,14H2,1H3,(H,25,29)/b26-21+. The summed E-state index contributed by atoms with van der Waals surface area (Å²) in [5.41, 5.74) is 1.75. The number of carbonyl (C=O) groups excluding carboxylic acids is 1. The summed E-state index contributed by atoms with van der Waals surface area (Å²) < 4.78 is 30.7. The molecule has 0 aliphatic carbocycles. The molecular formula is C22H22ClN5O3S. The minimum Gasteiger partial charge on any atom is -0.362 e. The predicted octanol–water partition coefficient (Wildman–Crippen LogP) is 3.65. The molecule has 4 rings (SSSR count). The number of amides is 1. The highest BCUT2D eigenvalue weighted by atomic mass is 35.5. The molecule has 8 nitrogen and oxygen atoms in total. The van der Waals surface area contributed by atoms with Gasteiger partial charge in [-0.1, -0.05) is 29.8 Å². The SMILES string of the molecule is CN1CCC/C1=N\S(=O)(=O)c1ccc(NC(=O)c2cnn(Cc3ccccc3Cl)c2)cc1. The minimum absolute atomic E-state index is 0.0795. The van der Waals surface area contributed by atoms with Crippen molar-refractivity contribution in [1.29, 1.82) is 0 Å². The van der Waals surface area contributed by atoms with E-state index in [0.717, 1.165) is 18.5 Å². The fourth-order valence-electron chi connectivity index (χ4n) is 3.38. The first kappa shape index (κ1) is 22.0. The van der Waals surface area contributed by atoms with Gasteiger partial charge in [-0.2, -0.15) is 13.5 Å². The van der Waals surface area contributed by atoms with Gasteiger partial charge in [-0.05, 0) is 42.3 Å². The molecule has 0 saturated carbocycles. The summed E-state index contributed by atoms with van der Waals surface area (Å²) in [5, 5.41) is 7.60. The zero-order valence-electron chi connectivity index (χ0n) is 17.4. The predicted molar refractivity (Wildman–Crippen MR) is 124 cm³/mol.